The highest BCUT2D eigenvalue weighted by Crippen LogP contribution is 2.26. The number of halogens is 2. The van der Waals surface area contributed by atoms with Crippen LogP contribution < -0.4 is 10.1 Å². The van der Waals surface area contributed by atoms with Crippen LogP contribution in [0.1, 0.15) is 21.3 Å². The number of hydrogen-bond acceptors (Lipinski definition) is 5. The lowest BCUT2D eigenvalue weighted by Crippen LogP contribution is -2.28. The molecule has 2 rings (SSSR count). The van der Waals surface area contributed by atoms with Gasteiger partial charge in [0.15, 0.2) is 0 Å². The molecule has 2 aromatic heterocycles. The topological polar surface area (TPSA) is 76.4 Å². The van der Waals surface area contributed by atoms with Crippen molar-refractivity contribution in [3.05, 3.63) is 34.3 Å². The summed E-state index contributed by atoms with van der Waals surface area (Å²) >= 11 is 0.983. The monoisotopic (exact) mass is 317 g/mol. The Morgan fingerprint density at radius 3 is 3.00 bits per heavy atom. The van der Waals surface area contributed by atoms with E-state index in [1.807, 2.05) is 0 Å². The van der Waals surface area contributed by atoms with Crippen molar-refractivity contribution >= 4 is 17.2 Å². The fraction of sp³-hybridized carbons (Fsp3) is 0.333. The first kappa shape index (κ1) is 15.4. The maximum absolute atomic E-state index is 12.2. The minimum absolute atomic E-state index is 0.0358. The van der Waals surface area contributed by atoms with E-state index in [-0.39, 0.29) is 17.2 Å². The number of nitrogens with one attached hydrogen (secondary N) is 1. The highest BCUT2D eigenvalue weighted by atomic mass is 32.1. The number of amides is 1. The van der Waals surface area contributed by atoms with E-state index >= 15 is 0 Å². The smallest absolute Gasteiger partial charge is 0.387 e. The van der Waals surface area contributed by atoms with Crippen molar-refractivity contribution in [3.63, 3.8) is 0 Å². The summed E-state index contributed by atoms with van der Waals surface area (Å²) in [4.78, 5) is 11.9. The summed E-state index contributed by atoms with van der Waals surface area (Å²) in [5.41, 5.74) is 0.549. The zero-order valence-corrected chi connectivity index (χ0v) is 11.8. The van der Waals surface area contributed by atoms with Crippen molar-refractivity contribution in [1.29, 1.82) is 0 Å². The molecule has 2 heterocycles. The predicted molar refractivity (Wildman–Crippen MR) is 71.5 cm³/mol. The van der Waals surface area contributed by atoms with Gasteiger partial charge in [-0.3, -0.25) is 9.48 Å². The van der Waals surface area contributed by atoms with E-state index < -0.39 is 18.6 Å². The number of nitrogens with zero attached hydrogens (tertiary/aromatic N) is 2. The average Bonchev–Trinajstić information content (AvgIpc) is 3.04. The molecule has 0 aliphatic carbocycles. The molecule has 0 saturated heterocycles. The van der Waals surface area contributed by atoms with Gasteiger partial charge in [0.1, 0.15) is 10.6 Å². The van der Waals surface area contributed by atoms with Gasteiger partial charge >= 0.3 is 6.61 Å². The molecule has 0 aliphatic rings. The van der Waals surface area contributed by atoms with Crippen LogP contribution in [0, 0.1) is 0 Å². The Labute approximate surface area is 123 Å². The Morgan fingerprint density at radius 2 is 2.38 bits per heavy atom. The number of hydrogen-bond donors (Lipinski definition) is 2. The molecular weight excluding hydrogens is 304 g/mol. The number of aliphatic hydroxyl groups excluding tert-OH is 1. The molecule has 2 N–H and O–H groups in total. The van der Waals surface area contributed by atoms with Gasteiger partial charge in [0.2, 0.25) is 0 Å². The summed E-state index contributed by atoms with van der Waals surface area (Å²) in [5, 5.41) is 17.7. The third-order valence-corrected chi connectivity index (χ3v) is 3.51. The van der Waals surface area contributed by atoms with Gasteiger partial charge < -0.3 is 15.2 Å². The van der Waals surface area contributed by atoms with Crippen LogP contribution >= 0.6 is 11.3 Å². The molecular formula is C12H13F2N3O3S. The number of aliphatic hydroxyl groups is 1. The SMILES string of the molecule is Cn1cc([C@H](O)CNC(=O)c2sccc2OC(F)F)cn1. The van der Waals surface area contributed by atoms with E-state index in [9.17, 15) is 18.7 Å². The van der Waals surface area contributed by atoms with Crippen molar-refractivity contribution in [2.24, 2.45) is 7.05 Å². The number of carbonyl (C=O) groups excluding carboxylic acids is 1. The molecule has 0 radical (unpaired) electrons. The van der Waals surface area contributed by atoms with Crippen molar-refractivity contribution in [2.75, 3.05) is 6.54 Å². The highest BCUT2D eigenvalue weighted by molar-refractivity contribution is 7.12. The number of carbonyl (C=O) groups is 1. The lowest BCUT2D eigenvalue weighted by Gasteiger charge is -2.10. The van der Waals surface area contributed by atoms with Gasteiger partial charge in [-0.2, -0.15) is 13.9 Å². The number of aryl methyl sites for hydroxylation is 1. The van der Waals surface area contributed by atoms with Crippen molar-refractivity contribution in [1.82, 2.24) is 15.1 Å². The van der Waals surface area contributed by atoms with Crippen LogP contribution in [-0.2, 0) is 7.05 Å². The second-order valence-corrected chi connectivity index (χ2v) is 5.08. The van der Waals surface area contributed by atoms with Gasteiger partial charge in [-0.05, 0) is 11.4 Å². The molecule has 0 spiro atoms. The minimum atomic E-state index is -2.99. The molecule has 1 amide bonds. The largest absolute Gasteiger partial charge is 0.433 e. The zero-order valence-electron chi connectivity index (χ0n) is 11.0. The fourth-order valence-corrected chi connectivity index (χ4v) is 2.39. The summed E-state index contributed by atoms with van der Waals surface area (Å²) in [6, 6.07) is 1.29. The summed E-state index contributed by atoms with van der Waals surface area (Å²) in [5.74, 6) is -0.757. The zero-order chi connectivity index (χ0) is 15.4. The molecule has 9 heteroatoms. The van der Waals surface area contributed by atoms with Crippen LogP contribution in [0.2, 0.25) is 0 Å². The molecule has 0 saturated carbocycles. The second-order valence-electron chi connectivity index (χ2n) is 4.17. The van der Waals surface area contributed by atoms with Crippen LogP contribution in [0.5, 0.6) is 5.75 Å². The number of rotatable bonds is 6. The molecule has 21 heavy (non-hydrogen) atoms. The second kappa shape index (κ2) is 6.64. The Morgan fingerprint density at radius 1 is 1.62 bits per heavy atom. The van der Waals surface area contributed by atoms with Gasteiger partial charge in [-0.15, -0.1) is 11.3 Å². The van der Waals surface area contributed by atoms with Crippen LogP contribution in [0.25, 0.3) is 0 Å². The fourth-order valence-electron chi connectivity index (χ4n) is 1.65. The van der Waals surface area contributed by atoms with Crippen LogP contribution in [-0.4, -0.2) is 34.0 Å². The van der Waals surface area contributed by atoms with E-state index in [1.165, 1.54) is 22.3 Å². The Kier molecular flexibility index (Phi) is 4.86. The molecule has 6 nitrogen and oxygen atoms in total. The Balaban J connectivity index is 1.94. The normalized spacial score (nSPS) is 12.4. The molecule has 114 valence electrons. The number of ether oxygens (including phenoxy) is 1. The standard InChI is InChI=1S/C12H13F2N3O3S/c1-17-6-7(4-16-17)8(18)5-15-11(19)10-9(2-3-21-10)20-12(13)14/h2-4,6,8,12,18H,5H2,1H3,(H,15,19)/t8-/m1/s1. The van der Waals surface area contributed by atoms with E-state index in [0.29, 0.717) is 5.56 Å². The summed E-state index contributed by atoms with van der Waals surface area (Å²) < 4.78 is 30.1. The van der Waals surface area contributed by atoms with E-state index in [0.717, 1.165) is 11.3 Å². The Bertz CT molecular complexity index is 614. The molecule has 2 aromatic rings. The maximum Gasteiger partial charge on any atom is 0.387 e. The predicted octanol–water partition coefficient (Wildman–Crippen LogP) is 1.55. The number of aromatic nitrogens is 2. The van der Waals surface area contributed by atoms with Gasteiger partial charge in [0.05, 0.1) is 12.3 Å². The third kappa shape index (κ3) is 3.99. The van der Waals surface area contributed by atoms with Crippen LogP contribution in [0.3, 0.4) is 0 Å². The van der Waals surface area contributed by atoms with Crippen molar-refractivity contribution in [2.45, 2.75) is 12.7 Å². The molecule has 0 aliphatic heterocycles. The minimum Gasteiger partial charge on any atom is -0.433 e. The quantitative estimate of drug-likeness (QED) is 0.847. The lowest BCUT2D eigenvalue weighted by atomic mass is 10.2. The number of thiophene rings is 1. The van der Waals surface area contributed by atoms with Gasteiger partial charge in [-0.25, -0.2) is 0 Å². The van der Waals surface area contributed by atoms with Gasteiger partial charge in [0, 0.05) is 25.4 Å². The molecule has 0 bridgehead atoms. The van der Waals surface area contributed by atoms with E-state index in [4.69, 9.17) is 0 Å². The lowest BCUT2D eigenvalue weighted by molar-refractivity contribution is -0.0498. The summed E-state index contributed by atoms with van der Waals surface area (Å²) in [6.45, 7) is -3.05. The molecule has 0 fully saturated rings. The average molecular weight is 317 g/mol. The van der Waals surface area contributed by atoms with Crippen LogP contribution in [0.15, 0.2) is 23.8 Å². The third-order valence-electron chi connectivity index (χ3n) is 2.62. The first-order valence-corrected chi connectivity index (χ1v) is 6.82. The van der Waals surface area contributed by atoms with Crippen molar-refractivity contribution < 1.29 is 23.4 Å². The van der Waals surface area contributed by atoms with E-state index in [1.54, 1.807) is 13.2 Å². The maximum atomic E-state index is 12.2. The molecule has 0 aromatic carbocycles. The highest BCUT2D eigenvalue weighted by Gasteiger charge is 2.18. The molecule has 1 atom stereocenters. The molecule has 0 unspecified atom stereocenters. The van der Waals surface area contributed by atoms with Gasteiger partial charge in [0.25, 0.3) is 5.91 Å². The summed E-state index contributed by atoms with van der Waals surface area (Å²) in [6.07, 6.45) is 2.17. The van der Waals surface area contributed by atoms with Gasteiger partial charge in [-0.1, -0.05) is 0 Å². The Hall–Kier alpha value is -2.00. The van der Waals surface area contributed by atoms with Crippen molar-refractivity contribution in [3.8, 4) is 5.75 Å². The first-order valence-electron chi connectivity index (χ1n) is 5.94. The van der Waals surface area contributed by atoms with Crippen LogP contribution in [0.4, 0.5) is 8.78 Å². The van der Waals surface area contributed by atoms with E-state index in [2.05, 4.69) is 15.2 Å². The summed E-state index contributed by atoms with van der Waals surface area (Å²) in [7, 11) is 1.70. The number of alkyl halides is 2. The first-order chi connectivity index (χ1) is 9.97.